The van der Waals surface area contributed by atoms with E-state index >= 15 is 0 Å². The van der Waals surface area contributed by atoms with E-state index in [1.807, 2.05) is 13.0 Å². The average molecular weight is 356 g/mol. The summed E-state index contributed by atoms with van der Waals surface area (Å²) >= 11 is 0. The van der Waals surface area contributed by atoms with Crippen molar-refractivity contribution in [2.45, 2.75) is 69.6 Å². The van der Waals surface area contributed by atoms with Gasteiger partial charge in [-0.2, -0.15) is 0 Å². The predicted octanol–water partition coefficient (Wildman–Crippen LogP) is 3.89. The molecule has 1 aromatic carbocycles. The number of methoxy groups -OCH3 is 1. The number of aromatic nitrogens is 1. The molecule has 2 fully saturated rings. The van der Waals surface area contributed by atoms with Crippen LogP contribution in [0.2, 0.25) is 0 Å². The molecule has 2 aromatic rings. The van der Waals surface area contributed by atoms with Crippen LogP contribution in [0, 0.1) is 0 Å². The van der Waals surface area contributed by atoms with Crippen LogP contribution in [0.3, 0.4) is 0 Å². The Labute approximate surface area is 154 Å². The first kappa shape index (κ1) is 17.4. The van der Waals surface area contributed by atoms with Gasteiger partial charge in [0.05, 0.1) is 13.2 Å². The summed E-state index contributed by atoms with van der Waals surface area (Å²) in [5.74, 6) is 1.41. The van der Waals surface area contributed by atoms with Crippen molar-refractivity contribution >= 4 is 16.8 Å². The molecule has 140 valence electrons. The van der Waals surface area contributed by atoms with E-state index < -0.39 is 0 Å². The number of benzene rings is 1. The molecule has 1 saturated heterocycles. The van der Waals surface area contributed by atoms with E-state index in [2.05, 4.69) is 28.6 Å². The SMILES string of the molecule is COc1ccc2[nH]cc([C@@H]3CCC[C@H](NC(=O)[C@@H]4CCC(C)O4)C3)c2c1. The molecule has 1 saturated carbocycles. The van der Waals surface area contributed by atoms with Crippen molar-refractivity contribution in [2.75, 3.05) is 7.11 Å². The lowest BCUT2D eigenvalue weighted by Crippen LogP contribution is -2.43. The Balaban J connectivity index is 1.46. The summed E-state index contributed by atoms with van der Waals surface area (Å²) in [5.41, 5.74) is 2.48. The van der Waals surface area contributed by atoms with Gasteiger partial charge >= 0.3 is 0 Å². The number of hydrogen-bond acceptors (Lipinski definition) is 3. The van der Waals surface area contributed by atoms with Crippen LogP contribution in [0.5, 0.6) is 5.75 Å². The summed E-state index contributed by atoms with van der Waals surface area (Å²) in [4.78, 5) is 15.9. The molecule has 2 N–H and O–H groups in total. The zero-order valence-electron chi connectivity index (χ0n) is 15.6. The fourth-order valence-electron chi connectivity index (χ4n) is 4.48. The summed E-state index contributed by atoms with van der Waals surface area (Å²) < 4.78 is 11.1. The minimum atomic E-state index is -0.261. The monoisotopic (exact) mass is 356 g/mol. The Kier molecular flexibility index (Phi) is 4.90. The summed E-state index contributed by atoms with van der Waals surface area (Å²) in [7, 11) is 1.70. The standard InChI is InChI=1S/C21H28N2O3/c1-13-6-9-20(26-13)21(24)23-15-5-3-4-14(10-15)18-12-22-19-8-7-16(25-2)11-17(18)19/h7-8,11-15,20,22H,3-6,9-10H2,1-2H3,(H,23,24)/t13?,14-,15+,20+/m1/s1. The molecule has 0 spiro atoms. The van der Waals surface area contributed by atoms with Gasteiger partial charge in [0, 0.05) is 23.1 Å². The van der Waals surface area contributed by atoms with Crippen LogP contribution in [0.25, 0.3) is 10.9 Å². The molecular weight excluding hydrogens is 328 g/mol. The van der Waals surface area contributed by atoms with Crippen molar-refractivity contribution in [1.82, 2.24) is 10.3 Å². The van der Waals surface area contributed by atoms with Gasteiger partial charge in [0.2, 0.25) is 5.91 Å². The summed E-state index contributed by atoms with van der Waals surface area (Å²) in [6.07, 6.45) is 8.21. The number of fused-ring (bicyclic) bond motifs is 1. The fraction of sp³-hybridized carbons (Fsp3) is 0.571. The highest BCUT2D eigenvalue weighted by Gasteiger charge is 2.31. The molecule has 0 bridgehead atoms. The van der Waals surface area contributed by atoms with Crippen molar-refractivity contribution in [3.05, 3.63) is 30.0 Å². The Morgan fingerprint density at radius 2 is 2.15 bits per heavy atom. The molecule has 5 heteroatoms. The molecule has 1 unspecified atom stereocenters. The first-order chi connectivity index (χ1) is 12.6. The summed E-state index contributed by atoms with van der Waals surface area (Å²) in [5, 5.41) is 4.48. The zero-order valence-corrected chi connectivity index (χ0v) is 15.6. The van der Waals surface area contributed by atoms with Crippen LogP contribution in [0.15, 0.2) is 24.4 Å². The van der Waals surface area contributed by atoms with E-state index in [1.54, 1.807) is 7.11 Å². The van der Waals surface area contributed by atoms with Crippen LogP contribution in [0.4, 0.5) is 0 Å². The molecule has 2 heterocycles. The quantitative estimate of drug-likeness (QED) is 0.874. The Bertz CT molecular complexity index is 785. The third kappa shape index (κ3) is 3.45. The fourth-order valence-corrected chi connectivity index (χ4v) is 4.48. The van der Waals surface area contributed by atoms with Crippen molar-refractivity contribution in [2.24, 2.45) is 0 Å². The molecule has 2 aliphatic rings. The largest absolute Gasteiger partial charge is 0.497 e. The van der Waals surface area contributed by atoms with E-state index in [0.717, 1.165) is 49.8 Å². The smallest absolute Gasteiger partial charge is 0.249 e. The Morgan fingerprint density at radius 1 is 1.27 bits per heavy atom. The zero-order chi connectivity index (χ0) is 18.1. The molecular formula is C21H28N2O3. The normalized spacial score (nSPS) is 29.0. The van der Waals surface area contributed by atoms with E-state index in [0.29, 0.717) is 5.92 Å². The topological polar surface area (TPSA) is 63.3 Å². The molecule has 4 rings (SSSR count). The molecule has 1 aliphatic heterocycles. The van der Waals surface area contributed by atoms with E-state index in [1.165, 1.54) is 10.9 Å². The summed E-state index contributed by atoms with van der Waals surface area (Å²) in [6.45, 7) is 2.04. The molecule has 26 heavy (non-hydrogen) atoms. The first-order valence-electron chi connectivity index (χ1n) is 9.75. The van der Waals surface area contributed by atoms with Crippen molar-refractivity contribution in [1.29, 1.82) is 0 Å². The van der Waals surface area contributed by atoms with Gasteiger partial charge in [-0.25, -0.2) is 0 Å². The maximum absolute atomic E-state index is 12.5. The number of carbonyl (C=O) groups is 1. The van der Waals surface area contributed by atoms with Crippen LogP contribution in [-0.4, -0.2) is 36.3 Å². The number of amides is 1. The van der Waals surface area contributed by atoms with Gasteiger partial charge in [0.25, 0.3) is 0 Å². The second kappa shape index (κ2) is 7.31. The molecule has 5 nitrogen and oxygen atoms in total. The first-order valence-corrected chi connectivity index (χ1v) is 9.75. The second-order valence-corrected chi connectivity index (χ2v) is 7.74. The van der Waals surface area contributed by atoms with Gasteiger partial charge in [0.1, 0.15) is 11.9 Å². The number of H-pyrrole nitrogens is 1. The maximum Gasteiger partial charge on any atom is 0.249 e. The van der Waals surface area contributed by atoms with Crippen LogP contribution < -0.4 is 10.1 Å². The number of aromatic amines is 1. The molecule has 4 atom stereocenters. The average Bonchev–Trinajstić information content (AvgIpc) is 3.27. The molecule has 0 radical (unpaired) electrons. The lowest BCUT2D eigenvalue weighted by Gasteiger charge is -2.30. The number of hydrogen-bond donors (Lipinski definition) is 2. The molecule has 1 aromatic heterocycles. The predicted molar refractivity (Wildman–Crippen MR) is 102 cm³/mol. The van der Waals surface area contributed by atoms with Crippen molar-refractivity contribution in [3.8, 4) is 5.75 Å². The van der Waals surface area contributed by atoms with Crippen LogP contribution >= 0.6 is 0 Å². The van der Waals surface area contributed by atoms with Gasteiger partial charge in [-0.15, -0.1) is 0 Å². The molecule has 1 amide bonds. The van der Waals surface area contributed by atoms with Gasteiger partial charge < -0.3 is 19.8 Å². The third-order valence-electron chi connectivity index (χ3n) is 5.91. The van der Waals surface area contributed by atoms with Crippen LogP contribution in [-0.2, 0) is 9.53 Å². The second-order valence-electron chi connectivity index (χ2n) is 7.74. The number of ether oxygens (including phenoxy) is 2. The van der Waals surface area contributed by atoms with Gasteiger partial charge in [0.15, 0.2) is 0 Å². The van der Waals surface area contributed by atoms with Crippen molar-refractivity contribution < 1.29 is 14.3 Å². The number of nitrogens with one attached hydrogen (secondary N) is 2. The van der Waals surface area contributed by atoms with E-state index in [4.69, 9.17) is 9.47 Å². The van der Waals surface area contributed by atoms with Gasteiger partial charge in [-0.05, 0) is 68.7 Å². The van der Waals surface area contributed by atoms with E-state index in [9.17, 15) is 4.79 Å². The van der Waals surface area contributed by atoms with Crippen molar-refractivity contribution in [3.63, 3.8) is 0 Å². The van der Waals surface area contributed by atoms with Crippen LogP contribution in [0.1, 0.15) is 56.9 Å². The Hall–Kier alpha value is -2.01. The third-order valence-corrected chi connectivity index (χ3v) is 5.91. The highest BCUT2D eigenvalue weighted by molar-refractivity contribution is 5.85. The lowest BCUT2D eigenvalue weighted by molar-refractivity contribution is -0.132. The minimum absolute atomic E-state index is 0.0700. The lowest BCUT2D eigenvalue weighted by atomic mass is 9.81. The minimum Gasteiger partial charge on any atom is -0.497 e. The number of carbonyl (C=O) groups excluding carboxylic acids is 1. The van der Waals surface area contributed by atoms with Gasteiger partial charge in [-0.3, -0.25) is 4.79 Å². The maximum atomic E-state index is 12.5. The van der Waals surface area contributed by atoms with E-state index in [-0.39, 0.29) is 24.2 Å². The molecule has 1 aliphatic carbocycles. The highest BCUT2D eigenvalue weighted by Crippen LogP contribution is 2.37. The summed E-state index contributed by atoms with van der Waals surface area (Å²) in [6, 6.07) is 6.39. The highest BCUT2D eigenvalue weighted by atomic mass is 16.5. The Morgan fingerprint density at radius 3 is 2.92 bits per heavy atom. The number of rotatable bonds is 4. The van der Waals surface area contributed by atoms with Gasteiger partial charge in [-0.1, -0.05) is 6.42 Å².